The number of rotatable bonds is 1. The fraction of sp³-hybridized carbons (Fsp3) is 0.500. The fourth-order valence-corrected chi connectivity index (χ4v) is 3.76. The smallest absolute Gasteiger partial charge is 0.173 e. The van der Waals surface area contributed by atoms with Gasteiger partial charge < -0.3 is 0 Å². The maximum absolute atomic E-state index is 10.9. The second-order valence-electron chi connectivity index (χ2n) is 2.39. The summed E-state index contributed by atoms with van der Waals surface area (Å²) in [5.74, 6) is 0.0804. The van der Waals surface area contributed by atoms with Gasteiger partial charge in [-0.05, 0) is 24.3 Å². The van der Waals surface area contributed by atoms with Crippen molar-refractivity contribution in [2.45, 2.75) is 12.2 Å². The lowest BCUT2D eigenvalue weighted by atomic mass is 10.3. The highest BCUT2D eigenvalue weighted by Crippen LogP contribution is 2.26. The maximum Gasteiger partial charge on any atom is 0.173 e. The topological polar surface area (TPSA) is 57.9 Å². The third kappa shape index (κ3) is 1.98. The van der Waals surface area contributed by atoms with Crippen molar-refractivity contribution in [3.05, 3.63) is 11.0 Å². The van der Waals surface area contributed by atoms with Gasteiger partial charge in [-0.25, -0.2) is 8.42 Å². The zero-order valence-electron chi connectivity index (χ0n) is 5.94. The molecule has 0 aliphatic carbocycles. The molecular formula is C6H7NO2S2. The summed E-state index contributed by atoms with van der Waals surface area (Å²) in [5.41, 5.74) is 0.775. The molecular weight excluding hydrogens is 182 g/mol. The Hall–Kier alpha value is -0.470. The quantitative estimate of drug-likeness (QED) is 0.575. The Morgan fingerprint density at radius 1 is 1.82 bits per heavy atom. The summed E-state index contributed by atoms with van der Waals surface area (Å²) in [5, 5.41) is 11.3. The van der Waals surface area contributed by atoms with Crippen molar-refractivity contribution in [2.75, 3.05) is 5.75 Å². The average Bonchev–Trinajstić information content (AvgIpc) is 2.07. The van der Waals surface area contributed by atoms with Gasteiger partial charge in [0.2, 0.25) is 0 Å². The van der Waals surface area contributed by atoms with Crippen LogP contribution in [0.1, 0.15) is 6.92 Å². The minimum Gasteiger partial charge on any atom is -0.224 e. The number of nitriles is 1. The molecule has 1 aliphatic rings. The van der Waals surface area contributed by atoms with Crippen LogP contribution < -0.4 is 0 Å². The number of hydrogen-bond acceptors (Lipinski definition) is 4. The lowest BCUT2D eigenvalue weighted by molar-refractivity contribution is 0.606. The molecule has 5 heteroatoms. The molecule has 0 fully saturated rings. The predicted molar refractivity (Wildman–Crippen MR) is 44.5 cm³/mol. The van der Waals surface area contributed by atoms with E-state index < -0.39 is 9.84 Å². The second-order valence-corrected chi connectivity index (χ2v) is 5.27. The molecule has 3 nitrogen and oxygen atoms in total. The second kappa shape index (κ2) is 2.88. The SMILES string of the molecule is CC1=CS(=O)(=O)CC1SC#N. The molecule has 1 unspecified atom stereocenters. The molecule has 0 amide bonds. The number of nitrogens with zero attached hydrogens (tertiary/aromatic N) is 1. The van der Waals surface area contributed by atoms with Crippen molar-refractivity contribution in [3.8, 4) is 5.40 Å². The lowest BCUT2D eigenvalue weighted by Crippen LogP contribution is -2.08. The molecule has 0 N–H and O–H groups in total. The van der Waals surface area contributed by atoms with Gasteiger partial charge in [0.05, 0.1) is 11.0 Å². The summed E-state index contributed by atoms with van der Waals surface area (Å²) in [7, 11) is -3.00. The van der Waals surface area contributed by atoms with Crippen molar-refractivity contribution < 1.29 is 8.42 Å². The molecule has 1 rings (SSSR count). The highest BCUT2D eigenvalue weighted by Gasteiger charge is 2.27. The van der Waals surface area contributed by atoms with Gasteiger partial charge in [0.15, 0.2) is 9.84 Å². The molecule has 11 heavy (non-hydrogen) atoms. The Labute approximate surface area is 70.0 Å². The summed E-state index contributed by atoms with van der Waals surface area (Å²) in [6.07, 6.45) is 0. The average molecular weight is 189 g/mol. The normalized spacial score (nSPS) is 27.6. The van der Waals surface area contributed by atoms with Crippen LogP contribution in [-0.4, -0.2) is 19.4 Å². The van der Waals surface area contributed by atoms with Crippen molar-refractivity contribution >= 4 is 21.6 Å². The monoisotopic (exact) mass is 189 g/mol. The van der Waals surface area contributed by atoms with E-state index in [0.29, 0.717) is 0 Å². The van der Waals surface area contributed by atoms with E-state index in [-0.39, 0.29) is 11.0 Å². The Morgan fingerprint density at radius 3 is 2.82 bits per heavy atom. The van der Waals surface area contributed by atoms with Crippen LogP contribution in [0.2, 0.25) is 0 Å². The van der Waals surface area contributed by atoms with Gasteiger partial charge in [-0.3, -0.25) is 0 Å². The van der Waals surface area contributed by atoms with Crippen molar-refractivity contribution in [1.82, 2.24) is 0 Å². The predicted octanol–water partition coefficient (Wildman–Crippen LogP) is 0.901. The van der Waals surface area contributed by atoms with Crippen LogP contribution in [0.3, 0.4) is 0 Å². The molecule has 1 heterocycles. The van der Waals surface area contributed by atoms with Gasteiger partial charge in [0.25, 0.3) is 0 Å². The minimum atomic E-state index is -3.00. The van der Waals surface area contributed by atoms with Crippen LogP contribution in [0.5, 0.6) is 0 Å². The molecule has 1 atom stereocenters. The number of thioether (sulfide) groups is 1. The van der Waals surface area contributed by atoms with E-state index in [1.165, 1.54) is 5.41 Å². The lowest BCUT2D eigenvalue weighted by Gasteiger charge is -2.01. The van der Waals surface area contributed by atoms with Crippen LogP contribution >= 0.6 is 11.8 Å². The van der Waals surface area contributed by atoms with E-state index in [9.17, 15) is 8.42 Å². The molecule has 0 aromatic carbocycles. The summed E-state index contributed by atoms with van der Waals surface area (Å²) in [4.78, 5) is 0. The fourth-order valence-electron chi connectivity index (χ4n) is 0.940. The van der Waals surface area contributed by atoms with E-state index in [1.807, 2.05) is 5.40 Å². The molecule has 0 spiro atoms. The van der Waals surface area contributed by atoms with E-state index in [0.717, 1.165) is 17.3 Å². The van der Waals surface area contributed by atoms with Crippen LogP contribution in [0.4, 0.5) is 0 Å². The maximum atomic E-state index is 10.9. The van der Waals surface area contributed by atoms with Gasteiger partial charge in [-0.2, -0.15) is 5.26 Å². The summed E-state index contributed by atoms with van der Waals surface area (Å²) in [6, 6.07) is 0. The minimum absolute atomic E-state index is 0.0804. The summed E-state index contributed by atoms with van der Waals surface area (Å²) in [6.45, 7) is 1.74. The van der Waals surface area contributed by atoms with Crippen LogP contribution in [0, 0.1) is 10.7 Å². The van der Waals surface area contributed by atoms with E-state index >= 15 is 0 Å². The zero-order valence-corrected chi connectivity index (χ0v) is 7.58. The Morgan fingerprint density at radius 2 is 2.45 bits per heavy atom. The zero-order chi connectivity index (χ0) is 8.48. The molecule has 1 aliphatic heterocycles. The molecule has 0 aromatic rings. The van der Waals surface area contributed by atoms with E-state index in [2.05, 4.69) is 0 Å². The van der Waals surface area contributed by atoms with Crippen molar-refractivity contribution in [2.24, 2.45) is 0 Å². The van der Waals surface area contributed by atoms with Crippen LogP contribution in [-0.2, 0) is 9.84 Å². The molecule has 0 saturated carbocycles. The first-order chi connectivity index (χ1) is 5.05. The number of thiocyanates is 1. The number of hydrogen-bond donors (Lipinski definition) is 0. The van der Waals surface area contributed by atoms with Crippen LogP contribution in [0.15, 0.2) is 11.0 Å². The number of sulfone groups is 1. The molecule has 0 saturated heterocycles. The first-order valence-corrected chi connectivity index (χ1v) is 5.60. The largest absolute Gasteiger partial charge is 0.224 e. The summed E-state index contributed by atoms with van der Waals surface area (Å²) >= 11 is 1.01. The van der Waals surface area contributed by atoms with Gasteiger partial charge in [0, 0.05) is 5.41 Å². The Bertz CT molecular complexity index is 323. The highest BCUT2D eigenvalue weighted by atomic mass is 32.2. The van der Waals surface area contributed by atoms with Crippen molar-refractivity contribution in [1.29, 1.82) is 5.26 Å². The third-order valence-electron chi connectivity index (χ3n) is 1.45. The molecule has 0 radical (unpaired) electrons. The van der Waals surface area contributed by atoms with E-state index in [4.69, 9.17) is 5.26 Å². The van der Waals surface area contributed by atoms with Gasteiger partial charge in [-0.15, -0.1) is 0 Å². The highest BCUT2D eigenvalue weighted by molar-refractivity contribution is 8.06. The standard InChI is InChI=1S/C6H7NO2S2/c1-5-2-11(8,9)3-6(5)10-4-7/h2,6H,3H2,1H3. The molecule has 0 aromatic heterocycles. The first-order valence-electron chi connectivity index (χ1n) is 3.01. The van der Waals surface area contributed by atoms with E-state index in [1.54, 1.807) is 6.92 Å². The summed E-state index contributed by atoms with van der Waals surface area (Å²) < 4.78 is 21.9. The molecule has 0 bridgehead atoms. The third-order valence-corrected chi connectivity index (χ3v) is 4.12. The van der Waals surface area contributed by atoms with Crippen LogP contribution in [0.25, 0.3) is 0 Å². The Kier molecular flexibility index (Phi) is 2.25. The first kappa shape index (κ1) is 8.62. The van der Waals surface area contributed by atoms with Crippen molar-refractivity contribution in [3.63, 3.8) is 0 Å². The van der Waals surface area contributed by atoms with Gasteiger partial charge in [-0.1, -0.05) is 0 Å². The molecule has 60 valence electrons. The van der Waals surface area contributed by atoms with Gasteiger partial charge in [0.1, 0.15) is 5.40 Å². The Balaban J connectivity index is 2.83. The van der Waals surface area contributed by atoms with Gasteiger partial charge >= 0.3 is 0 Å².